The van der Waals surface area contributed by atoms with Gasteiger partial charge in [-0.2, -0.15) is 0 Å². The Morgan fingerprint density at radius 1 is 1.10 bits per heavy atom. The minimum Gasteiger partial charge on any atom is -0.378 e. The van der Waals surface area contributed by atoms with Crippen molar-refractivity contribution in [2.24, 2.45) is 5.92 Å². The number of ether oxygens (including phenoxy) is 1. The summed E-state index contributed by atoms with van der Waals surface area (Å²) in [7, 11) is 0. The number of rotatable bonds is 6. The first-order chi connectivity index (χ1) is 14.7. The second-order valence-electron chi connectivity index (χ2n) is 9.18. The molecule has 0 aliphatic carbocycles. The lowest BCUT2D eigenvalue weighted by Gasteiger charge is -2.43. The van der Waals surface area contributed by atoms with Crippen LogP contribution in [0.3, 0.4) is 0 Å². The minimum atomic E-state index is 0.191. The molecule has 3 aliphatic rings. The van der Waals surface area contributed by atoms with Crippen molar-refractivity contribution in [2.45, 2.75) is 64.1 Å². The van der Waals surface area contributed by atoms with Gasteiger partial charge in [-0.3, -0.25) is 19.6 Å². The fraction of sp³-hybridized carbons (Fsp3) is 0.750. The van der Waals surface area contributed by atoms with Crippen LogP contribution in [0, 0.1) is 5.92 Å². The van der Waals surface area contributed by atoms with Crippen LogP contribution in [0.25, 0.3) is 0 Å². The predicted octanol–water partition coefficient (Wildman–Crippen LogP) is 2.79. The van der Waals surface area contributed by atoms with Crippen LogP contribution in [0.15, 0.2) is 24.5 Å². The van der Waals surface area contributed by atoms with Crippen LogP contribution in [-0.4, -0.2) is 83.6 Å². The van der Waals surface area contributed by atoms with E-state index in [1.54, 1.807) is 0 Å². The Labute approximate surface area is 181 Å². The maximum Gasteiger partial charge on any atom is 0.226 e. The Morgan fingerprint density at radius 2 is 1.90 bits per heavy atom. The van der Waals surface area contributed by atoms with Gasteiger partial charge in [0.05, 0.1) is 12.0 Å². The molecule has 0 spiro atoms. The lowest BCUT2D eigenvalue weighted by atomic mass is 9.92. The molecule has 0 bridgehead atoms. The van der Waals surface area contributed by atoms with Crippen LogP contribution in [0.1, 0.15) is 51.0 Å². The van der Waals surface area contributed by atoms with Crippen LogP contribution in [0.5, 0.6) is 0 Å². The molecular weight excluding hydrogens is 376 g/mol. The average Bonchev–Trinajstić information content (AvgIpc) is 2.81. The van der Waals surface area contributed by atoms with E-state index < -0.39 is 0 Å². The third kappa shape index (κ3) is 5.59. The summed E-state index contributed by atoms with van der Waals surface area (Å²) in [6.07, 6.45) is 10.8. The number of likely N-dealkylation sites (tertiary alicyclic amines) is 3. The smallest absolute Gasteiger partial charge is 0.226 e. The van der Waals surface area contributed by atoms with Crippen LogP contribution in [0.2, 0.25) is 0 Å². The van der Waals surface area contributed by atoms with E-state index >= 15 is 0 Å². The van der Waals surface area contributed by atoms with Crippen molar-refractivity contribution in [3.8, 4) is 0 Å². The Kier molecular flexibility index (Phi) is 7.74. The topological polar surface area (TPSA) is 48.9 Å². The number of amides is 1. The van der Waals surface area contributed by atoms with E-state index in [1.165, 1.54) is 18.4 Å². The van der Waals surface area contributed by atoms with Gasteiger partial charge in [0.15, 0.2) is 0 Å². The first kappa shape index (κ1) is 21.7. The van der Waals surface area contributed by atoms with Gasteiger partial charge < -0.3 is 9.64 Å². The molecule has 0 saturated carbocycles. The monoisotopic (exact) mass is 414 g/mol. The first-order valence-corrected chi connectivity index (χ1v) is 12.0. The highest BCUT2D eigenvalue weighted by Crippen LogP contribution is 2.26. The van der Waals surface area contributed by atoms with Crippen molar-refractivity contribution in [3.05, 3.63) is 30.1 Å². The molecule has 3 fully saturated rings. The Morgan fingerprint density at radius 3 is 2.60 bits per heavy atom. The lowest BCUT2D eigenvalue weighted by Crippen LogP contribution is -2.52. The second-order valence-corrected chi connectivity index (χ2v) is 9.18. The summed E-state index contributed by atoms with van der Waals surface area (Å²) in [4.78, 5) is 24.7. The standard InChI is InChI=1S/C24H38N4O2/c1-2-30-23-9-15-27(16-10-23)24(29)21-6-4-12-28(19-21)22-7-13-26(14-8-22)18-20-5-3-11-25-17-20/h3,5,11,17,21-23H,2,4,6-10,12-16,18-19H2,1H3/t21-/m1/s1. The quantitative estimate of drug-likeness (QED) is 0.716. The summed E-state index contributed by atoms with van der Waals surface area (Å²) in [6.45, 7) is 9.95. The van der Waals surface area contributed by atoms with Gasteiger partial charge in [0.25, 0.3) is 0 Å². The molecule has 0 unspecified atom stereocenters. The number of pyridine rings is 1. The van der Waals surface area contributed by atoms with Crippen molar-refractivity contribution in [1.29, 1.82) is 0 Å². The number of hydrogen-bond acceptors (Lipinski definition) is 5. The minimum absolute atomic E-state index is 0.191. The van der Waals surface area contributed by atoms with E-state index in [1.807, 2.05) is 18.5 Å². The number of carbonyl (C=O) groups is 1. The van der Waals surface area contributed by atoms with E-state index in [9.17, 15) is 4.79 Å². The number of aromatic nitrogens is 1. The van der Waals surface area contributed by atoms with Gasteiger partial charge in [-0.15, -0.1) is 0 Å². The molecule has 6 nitrogen and oxygen atoms in total. The molecule has 0 aromatic carbocycles. The van der Waals surface area contributed by atoms with Gasteiger partial charge in [0.2, 0.25) is 5.91 Å². The zero-order valence-electron chi connectivity index (χ0n) is 18.5. The van der Waals surface area contributed by atoms with Gasteiger partial charge in [-0.1, -0.05) is 6.07 Å². The van der Waals surface area contributed by atoms with Gasteiger partial charge in [0.1, 0.15) is 0 Å². The molecule has 0 N–H and O–H groups in total. The Balaban J connectivity index is 1.23. The molecule has 30 heavy (non-hydrogen) atoms. The van der Waals surface area contributed by atoms with Crippen LogP contribution in [-0.2, 0) is 16.1 Å². The predicted molar refractivity (Wildman–Crippen MR) is 118 cm³/mol. The number of piperidine rings is 3. The molecule has 3 saturated heterocycles. The summed E-state index contributed by atoms with van der Waals surface area (Å²) in [6, 6.07) is 4.82. The van der Waals surface area contributed by atoms with Crippen LogP contribution >= 0.6 is 0 Å². The summed E-state index contributed by atoms with van der Waals surface area (Å²) in [5.41, 5.74) is 1.30. The highest BCUT2D eigenvalue weighted by molar-refractivity contribution is 5.79. The molecule has 166 valence electrons. The molecular formula is C24H38N4O2. The molecule has 1 amide bonds. The SMILES string of the molecule is CCOC1CCN(C(=O)[C@@H]2CCCN(C3CCN(Cc4cccnc4)CC3)C2)CC1. The van der Waals surface area contributed by atoms with Gasteiger partial charge in [-0.05, 0) is 76.7 Å². The zero-order chi connectivity index (χ0) is 20.8. The van der Waals surface area contributed by atoms with Gasteiger partial charge >= 0.3 is 0 Å². The normalized spacial score (nSPS) is 25.5. The van der Waals surface area contributed by atoms with E-state index in [4.69, 9.17) is 4.74 Å². The average molecular weight is 415 g/mol. The fourth-order valence-electron chi connectivity index (χ4n) is 5.47. The zero-order valence-corrected chi connectivity index (χ0v) is 18.5. The van der Waals surface area contributed by atoms with Crippen LogP contribution < -0.4 is 0 Å². The third-order valence-electron chi connectivity index (χ3n) is 7.16. The second kappa shape index (κ2) is 10.7. The van der Waals surface area contributed by atoms with E-state index in [2.05, 4.69) is 32.7 Å². The lowest BCUT2D eigenvalue weighted by molar-refractivity contribution is -0.140. The van der Waals surface area contributed by atoms with E-state index in [0.717, 1.165) is 78.1 Å². The molecule has 4 rings (SSSR count). The number of carbonyl (C=O) groups excluding carboxylic acids is 1. The molecule has 1 aromatic rings. The summed E-state index contributed by atoms with van der Waals surface area (Å²) >= 11 is 0. The molecule has 4 heterocycles. The van der Waals surface area contributed by atoms with Crippen molar-refractivity contribution >= 4 is 5.91 Å². The molecule has 1 aromatic heterocycles. The Hall–Kier alpha value is -1.50. The van der Waals surface area contributed by atoms with E-state index in [-0.39, 0.29) is 5.92 Å². The van der Waals surface area contributed by atoms with Crippen LogP contribution in [0.4, 0.5) is 0 Å². The van der Waals surface area contributed by atoms with Crippen molar-refractivity contribution in [1.82, 2.24) is 19.7 Å². The highest BCUT2D eigenvalue weighted by Gasteiger charge is 2.34. The molecule has 6 heteroatoms. The van der Waals surface area contributed by atoms with Crippen molar-refractivity contribution < 1.29 is 9.53 Å². The maximum absolute atomic E-state index is 13.1. The Bertz CT molecular complexity index is 654. The molecule has 1 atom stereocenters. The van der Waals surface area contributed by atoms with Gasteiger partial charge in [-0.25, -0.2) is 0 Å². The van der Waals surface area contributed by atoms with Crippen molar-refractivity contribution in [3.63, 3.8) is 0 Å². The highest BCUT2D eigenvalue weighted by atomic mass is 16.5. The number of nitrogens with zero attached hydrogens (tertiary/aromatic N) is 4. The number of hydrogen-bond donors (Lipinski definition) is 0. The van der Waals surface area contributed by atoms with Crippen molar-refractivity contribution in [2.75, 3.05) is 45.9 Å². The molecule has 3 aliphatic heterocycles. The molecule has 0 radical (unpaired) electrons. The fourth-order valence-corrected chi connectivity index (χ4v) is 5.47. The van der Waals surface area contributed by atoms with E-state index in [0.29, 0.717) is 18.1 Å². The summed E-state index contributed by atoms with van der Waals surface area (Å²) < 4.78 is 5.75. The summed E-state index contributed by atoms with van der Waals surface area (Å²) in [5, 5.41) is 0. The summed E-state index contributed by atoms with van der Waals surface area (Å²) in [5.74, 6) is 0.583. The third-order valence-corrected chi connectivity index (χ3v) is 7.16. The first-order valence-electron chi connectivity index (χ1n) is 12.0. The van der Waals surface area contributed by atoms with Gasteiger partial charge in [0, 0.05) is 51.2 Å². The largest absolute Gasteiger partial charge is 0.378 e. The maximum atomic E-state index is 13.1.